The van der Waals surface area contributed by atoms with Crippen LogP contribution >= 0.6 is 0 Å². The number of aliphatic carboxylic acids is 1. The largest absolute Gasteiger partial charge is 0.516 e. The average Bonchev–Trinajstić information content (AvgIpc) is 2.59. The van der Waals surface area contributed by atoms with E-state index in [4.69, 9.17) is 14.3 Å². The fourth-order valence-electron chi connectivity index (χ4n) is 2.96. The van der Waals surface area contributed by atoms with Gasteiger partial charge in [0.2, 0.25) is 0 Å². The number of carboxylic acid groups (broad SMARTS) is 1. The fourth-order valence-corrected chi connectivity index (χ4v) is 7.40. The Hall–Kier alpha value is -1.14. The Morgan fingerprint density at radius 1 is 0.880 bits per heavy atom. The van der Waals surface area contributed by atoms with E-state index in [0.29, 0.717) is 0 Å². The Morgan fingerprint density at radius 3 is 1.96 bits per heavy atom. The molecule has 0 atom stereocenters. The third-order valence-corrected chi connectivity index (χ3v) is 8.81. The van der Waals surface area contributed by atoms with Gasteiger partial charge in [-0.2, -0.15) is 0 Å². The minimum Gasteiger partial charge on any atom is -0.516 e. The summed E-state index contributed by atoms with van der Waals surface area (Å²) in [6.07, 6.45) is 10.6. The molecule has 0 radical (unpaired) electrons. The Morgan fingerprint density at radius 2 is 1.44 bits per heavy atom. The predicted octanol–water partition coefficient (Wildman–Crippen LogP) is 4.92. The molecule has 0 spiro atoms. The number of ether oxygens (including phenoxy) is 1. The van der Waals surface area contributed by atoms with Crippen molar-refractivity contribution in [2.45, 2.75) is 83.3 Å². The molecule has 0 bridgehead atoms. The first-order chi connectivity index (χ1) is 12.0. The quantitative estimate of drug-likeness (QED) is 0.236. The molecule has 25 heavy (non-hydrogen) atoms. The molecule has 0 aromatic heterocycles. The van der Waals surface area contributed by atoms with E-state index in [1.807, 2.05) is 0 Å². The Labute approximate surface area is 153 Å². The molecule has 0 aromatic rings. The van der Waals surface area contributed by atoms with Crippen LogP contribution in [-0.4, -0.2) is 39.1 Å². The van der Waals surface area contributed by atoms with E-state index >= 15 is 0 Å². The monoisotopic (exact) mass is 372 g/mol. The van der Waals surface area contributed by atoms with Gasteiger partial charge in [0.05, 0.1) is 0 Å². The van der Waals surface area contributed by atoms with Gasteiger partial charge in [-0.05, 0) is 24.6 Å². The molecule has 0 amide bonds. The molecule has 5 nitrogen and oxygen atoms in total. The number of hydrogen-bond donors (Lipinski definition) is 1. The Kier molecular flexibility index (Phi) is 14.4. The van der Waals surface area contributed by atoms with Gasteiger partial charge >= 0.3 is 11.9 Å². The second-order valence-corrected chi connectivity index (χ2v) is 10.7. The first kappa shape index (κ1) is 23.9. The van der Waals surface area contributed by atoms with E-state index in [0.717, 1.165) is 88.3 Å². The van der Waals surface area contributed by atoms with Crippen molar-refractivity contribution in [1.82, 2.24) is 0 Å². The lowest BCUT2D eigenvalue weighted by molar-refractivity contribution is -0.133. The average molecular weight is 373 g/mol. The predicted molar refractivity (Wildman–Crippen MR) is 103 cm³/mol. The molecule has 0 fully saturated rings. The maximum atomic E-state index is 12.1. The number of methoxy groups -OCH3 is 1. The van der Waals surface area contributed by atoms with E-state index < -0.39 is 20.3 Å². The molecule has 0 aliphatic carbocycles. The SMILES string of the molecule is CCCC[Si](CCCC)(CCCCCCOC)OC(=O)/C=C\C(=O)O. The molecule has 0 saturated carbocycles. The van der Waals surface area contributed by atoms with E-state index in [2.05, 4.69) is 13.8 Å². The summed E-state index contributed by atoms with van der Waals surface area (Å²) >= 11 is 0. The maximum absolute atomic E-state index is 12.1. The van der Waals surface area contributed by atoms with E-state index in [9.17, 15) is 9.59 Å². The molecule has 0 saturated heterocycles. The van der Waals surface area contributed by atoms with Crippen LogP contribution in [0.15, 0.2) is 12.2 Å². The van der Waals surface area contributed by atoms with Gasteiger partial charge in [-0.25, -0.2) is 9.59 Å². The summed E-state index contributed by atoms with van der Waals surface area (Å²) in [6.45, 7) is 5.09. The van der Waals surface area contributed by atoms with Crippen molar-refractivity contribution in [3.8, 4) is 0 Å². The van der Waals surface area contributed by atoms with Gasteiger partial charge in [-0.3, -0.25) is 0 Å². The first-order valence-electron chi connectivity index (χ1n) is 9.62. The Bertz CT molecular complexity index is 387. The summed E-state index contributed by atoms with van der Waals surface area (Å²) in [7, 11) is -0.446. The van der Waals surface area contributed by atoms with Gasteiger partial charge in [-0.15, -0.1) is 0 Å². The highest BCUT2D eigenvalue weighted by Gasteiger charge is 2.36. The smallest absolute Gasteiger partial charge is 0.328 e. The number of unbranched alkanes of at least 4 members (excludes halogenated alkanes) is 5. The summed E-state index contributed by atoms with van der Waals surface area (Å²) in [5, 5.41) is 8.69. The van der Waals surface area contributed by atoms with Crippen LogP contribution in [0.3, 0.4) is 0 Å². The highest BCUT2D eigenvalue weighted by Crippen LogP contribution is 2.30. The van der Waals surface area contributed by atoms with E-state index in [-0.39, 0.29) is 0 Å². The van der Waals surface area contributed by atoms with Gasteiger partial charge < -0.3 is 14.3 Å². The number of carbonyl (C=O) groups excluding carboxylic acids is 1. The van der Waals surface area contributed by atoms with E-state index in [1.165, 1.54) is 0 Å². The van der Waals surface area contributed by atoms with Crippen LogP contribution in [0.1, 0.15) is 65.2 Å². The van der Waals surface area contributed by atoms with Crippen LogP contribution in [-0.2, 0) is 18.8 Å². The lowest BCUT2D eigenvalue weighted by atomic mass is 10.2. The van der Waals surface area contributed by atoms with E-state index in [1.54, 1.807) is 7.11 Å². The third kappa shape index (κ3) is 12.8. The molecule has 146 valence electrons. The molecular formula is C19H36O5Si. The fraction of sp³-hybridized carbons (Fsp3) is 0.789. The summed E-state index contributed by atoms with van der Waals surface area (Å²) < 4.78 is 11.0. The molecule has 0 unspecified atom stereocenters. The first-order valence-corrected chi connectivity index (χ1v) is 12.2. The van der Waals surface area contributed by atoms with Crippen molar-refractivity contribution in [2.24, 2.45) is 0 Å². The minimum atomic E-state index is -2.17. The van der Waals surface area contributed by atoms with Crippen molar-refractivity contribution in [3.63, 3.8) is 0 Å². The van der Waals surface area contributed by atoms with Gasteiger partial charge in [0.15, 0.2) is 0 Å². The zero-order chi connectivity index (χ0) is 19.0. The van der Waals surface area contributed by atoms with Crippen molar-refractivity contribution in [2.75, 3.05) is 13.7 Å². The molecular weight excluding hydrogens is 336 g/mol. The van der Waals surface area contributed by atoms with Gasteiger partial charge in [-0.1, -0.05) is 58.8 Å². The molecule has 0 aliphatic heterocycles. The number of rotatable bonds is 16. The molecule has 0 rings (SSSR count). The van der Waals surface area contributed by atoms with Gasteiger partial charge in [0.1, 0.15) is 0 Å². The normalized spacial score (nSPS) is 11.8. The molecule has 1 N–H and O–H groups in total. The van der Waals surface area contributed by atoms with Crippen LogP contribution in [0.4, 0.5) is 0 Å². The van der Waals surface area contributed by atoms with Crippen LogP contribution in [0.5, 0.6) is 0 Å². The minimum absolute atomic E-state index is 0.486. The second-order valence-electron chi connectivity index (χ2n) is 6.64. The highest BCUT2D eigenvalue weighted by atomic mass is 28.4. The standard InChI is InChI=1S/C19H36O5Si/c1-4-6-15-25(16-7-5-2,17-11-9-8-10-14-23-3)24-19(22)13-12-18(20)21/h12-13H,4-11,14-17H2,1-3H3,(H,20,21)/b13-12-. The highest BCUT2D eigenvalue weighted by molar-refractivity contribution is 6.75. The Balaban J connectivity index is 4.82. The van der Waals surface area contributed by atoms with Gasteiger partial charge in [0, 0.05) is 25.9 Å². The molecule has 0 aliphatic rings. The maximum Gasteiger partial charge on any atom is 0.328 e. The van der Waals surface area contributed by atoms with Crippen molar-refractivity contribution < 1.29 is 23.9 Å². The zero-order valence-electron chi connectivity index (χ0n) is 16.2. The summed E-state index contributed by atoms with van der Waals surface area (Å²) in [5.74, 6) is -1.61. The number of carbonyl (C=O) groups is 2. The second kappa shape index (κ2) is 15.1. The molecule has 0 heterocycles. The summed E-state index contributed by atoms with van der Waals surface area (Å²) in [4.78, 5) is 22.7. The zero-order valence-corrected chi connectivity index (χ0v) is 17.2. The van der Waals surface area contributed by atoms with Crippen LogP contribution in [0.25, 0.3) is 0 Å². The van der Waals surface area contributed by atoms with Crippen LogP contribution < -0.4 is 0 Å². The molecule has 0 aromatic carbocycles. The van der Waals surface area contributed by atoms with Crippen molar-refractivity contribution in [1.29, 1.82) is 0 Å². The van der Waals surface area contributed by atoms with Crippen LogP contribution in [0.2, 0.25) is 18.1 Å². The molecule has 6 heteroatoms. The topological polar surface area (TPSA) is 72.8 Å². The van der Waals surface area contributed by atoms with Crippen molar-refractivity contribution in [3.05, 3.63) is 12.2 Å². The summed E-state index contributed by atoms with van der Waals surface area (Å²) in [5.41, 5.74) is 0. The lowest BCUT2D eigenvalue weighted by Crippen LogP contribution is -2.40. The number of hydrogen-bond acceptors (Lipinski definition) is 4. The lowest BCUT2D eigenvalue weighted by Gasteiger charge is -2.31. The third-order valence-electron chi connectivity index (χ3n) is 4.38. The summed E-state index contributed by atoms with van der Waals surface area (Å²) in [6, 6.07) is 2.94. The van der Waals surface area contributed by atoms with Crippen LogP contribution in [0, 0.1) is 0 Å². The van der Waals surface area contributed by atoms with Crippen molar-refractivity contribution >= 4 is 20.3 Å². The van der Waals surface area contributed by atoms with Gasteiger partial charge in [0.25, 0.3) is 8.32 Å². The number of carboxylic acids is 1.